The van der Waals surface area contributed by atoms with Gasteiger partial charge in [-0.1, -0.05) is 46.0 Å². The van der Waals surface area contributed by atoms with E-state index >= 15 is 0 Å². The van der Waals surface area contributed by atoms with Gasteiger partial charge in [-0.25, -0.2) is 0 Å². The third kappa shape index (κ3) is 9.31. The van der Waals surface area contributed by atoms with Crippen molar-refractivity contribution in [1.29, 1.82) is 0 Å². The van der Waals surface area contributed by atoms with E-state index in [0.717, 1.165) is 12.8 Å². The highest BCUT2D eigenvalue weighted by molar-refractivity contribution is 5.69. The van der Waals surface area contributed by atoms with Gasteiger partial charge in [-0.05, 0) is 26.7 Å². The maximum atomic E-state index is 11.5. The first kappa shape index (κ1) is 23.3. The Morgan fingerprint density at radius 2 is 1.77 bits per heavy atom. The Morgan fingerprint density at radius 1 is 1.08 bits per heavy atom. The standard InChI is InChI=1S/C20H38O6/c1-5-7-8-9-10-11-13-23-15-17-19(26-20(3,4)25-17)16(21)14-24-18(22)12-6-2/h16-17,19,21H,5-15H2,1-4H3. The third-order valence-corrected chi connectivity index (χ3v) is 4.39. The molecule has 1 N–H and O–H groups in total. The van der Waals surface area contributed by atoms with Crippen LogP contribution in [0.3, 0.4) is 0 Å². The lowest BCUT2D eigenvalue weighted by atomic mass is 10.1. The number of hydrogen-bond acceptors (Lipinski definition) is 6. The van der Waals surface area contributed by atoms with Gasteiger partial charge < -0.3 is 24.1 Å². The first-order chi connectivity index (χ1) is 12.4. The van der Waals surface area contributed by atoms with Crippen molar-refractivity contribution in [2.24, 2.45) is 0 Å². The van der Waals surface area contributed by atoms with E-state index < -0.39 is 18.0 Å². The SMILES string of the molecule is CCCCCCCCOCC1OC(C)(C)OC1C(O)COC(=O)CCC. The Morgan fingerprint density at radius 3 is 2.46 bits per heavy atom. The third-order valence-electron chi connectivity index (χ3n) is 4.39. The molecule has 1 aliphatic heterocycles. The topological polar surface area (TPSA) is 74.2 Å². The molecule has 6 nitrogen and oxygen atoms in total. The largest absolute Gasteiger partial charge is 0.463 e. The molecule has 26 heavy (non-hydrogen) atoms. The van der Waals surface area contributed by atoms with Gasteiger partial charge in [-0.2, -0.15) is 0 Å². The fourth-order valence-corrected chi connectivity index (χ4v) is 3.05. The minimum Gasteiger partial charge on any atom is -0.463 e. The van der Waals surface area contributed by atoms with Crippen molar-refractivity contribution >= 4 is 5.97 Å². The predicted molar refractivity (Wildman–Crippen MR) is 99.9 cm³/mol. The van der Waals surface area contributed by atoms with Crippen LogP contribution in [0.1, 0.15) is 79.1 Å². The van der Waals surface area contributed by atoms with Gasteiger partial charge >= 0.3 is 5.97 Å². The molecule has 3 atom stereocenters. The zero-order valence-corrected chi connectivity index (χ0v) is 17.0. The summed E-state index contributed by atoms with van der Waals surface area (Å²) < 4.78 is 22.5. The fourth-order valence-electron chi connectivity index (χ4n) is 3.05. The number of unbranched alkanes of at least 4 members (excludes halogenated alkanes) is 5. The van der Waals surface area contributed by atoms with Crippen LogP contribution in [-0.4, -0.2) is 55.0 Å². The van der Waals surface area contributed by atoms with Gasteiger partial charge in [0.15, 0.2) is 5.79 Å². The average Bonchev–Trinajstić information content (AvgIpc) is 2.90. The van der Waals surface area contributed by atoms with Crippen molar-refractivity contribution in [3.05, 3.63) is 0 Å². The molecule has 0 saturated carbocycles. The fraction of sp³-hybridized carbons (Fsp3) is 0.950. The van der Waals surface area contributed by atoms with Crippen LogP contribution >= 0.6 is 0 Å². The number of esters is 1. The maximum absolute atomic E-state index is 11.5. The predicted octanol–water partition coefficient (Wildman–Crippen LogP) is 3.59. The van der Waals surface area contributed by atoms with Crippen LogP contribution in [0.25, 0.3) is 0 Å². The van der Waals surface area contributed by atoms with Crippen molar-refractivity contribution in [1.82, 2.24) is 0 Å². The van der Waals surface area contributed by atoms with Crippen LogP contribution in [0, 0.1) is 0 Å². The smallest absolute Gasteiger partial charge is 0.305 e. The summed E-state index contributed by atoms with van der Waals surface area (Å²) in [6, 6.07) is 0. The van der Waals surface area contributed by atoms with Crippen LogP contribution in [0.5, 0.6) is 0 Å². The molecular formula is C20H38O6. The molecule has 154 valence electrons. The highest BCUT2D eigenvalue weighted by atomic mass is 16.8. The molecule has 3 unspecified atom stereocenters. The first-order valence-electron chi connectivity index (χ1n) is 10.2. The van der Waals surface area contributed by atoms with Gasteiger partial charge in [0.2, 0.25) is 0 Å². The number of rotatable bonds is 14. The lowest BCUT2D eigenvalue weighted by molar-refractivity contribution is -0.164. The van der Waals surface area contributed by atoms with Crippen molar-refractivity contribution in [3.8, 4) is 0 Å². The van der Waals surface area contributed by atoms with Gasteiger partial charge in [-0.3, -0.25) is 4.79 Å². The summed E-state index contributed by atoms with van der Waals surface area (Å²) in [5.74, 6) is -1.09. The van der Waals surface area contributed by atoms with Crippen LogP contribution < -0.4 is 0 Å². The maximum Gasteiger partial charge on any atom is 0.305 e. The van der Waals surface area contributed by atoms with Crippen molar-refractivity contribution in [3.63, 3.8) is 0 Å². The summed E-state index contributed by atoms with van der Waals surface area (Å²) in [5, 5.41) is 10.4. The normalized spacial score (nSPS) is 23.1. The quantitative estimate of drug-likeness (QED) is 0.370. The molecule has 1 saturated heterocycles. The van der Waals surface area contributed by atoms with Crippen LogP contribution in [0.15, 0.2) is 0 Å². The number of aliphatic hydroxyl groups is 1. The Hall–Kier alpha value is -0.690. The number of ether oxygens (including phenoxy) is 4. The average molecular weight is 375 g/mol. The second-order valence-electron chi connectivity index (χ2n) is 7.48. The van der Waals surface area contributed by atoms with Gasteiger partial charge in [0.05, 0.1) is 6.61 Å². The molecule has 0 amide bonds. The molecule has 1 rings (SSSR count). The molecule has 1 aliphatic rings. The van der Waals surface area contributed by atoms with E-state index in [1.807, 2.05) is 20.8 Å². The zero-order chi connectivity index (χ0) is 19.4. The Labute approximate surface area is 158 Å². The van der Waals surface area contributed by atoms with Crippen molar-refractivity contribution in [2.75, 3.05) is 19.8 Å². The molecule has 1 heterocycles. The van der Waals surface area contributed by atoms with Crippen molar-refractivity contribution < 1.29 is 28.8 Å². The van der Waals surface area contributed by atoms with Crippen LogP contribution in [0.2, 0.25) is 0 Å². The van der Waals surface area contributed by atoms with E-state index in [9.17, 15) is 9.90 Å². The first-order valence-corrected chi connectivity index (χ1v) is 10.2. The van der Waals surface area contributed by atoms with Gasteiger partial charge in [0.25, 0.3) is 0 Å². The molecule has 0 aliphatic carbocycles. The zero-order valence-electron chi connectivity index (χ0n) is 17.0. The Bertz CT molecular complexity index is 384. The van der Waals surface area contributed by atoms with E-state index in [0.29, 0.717) is 19.6 Å². The lowest BCUT2D eigenvalue weighted by Crippen LogP contribution is -2.41. The molecule has 0 aromatic heterocycles. The summed E-state index contributed by atoms with van der Waals surface area (Å²) in [4.78, 5) is 11.5. The number of aliphatic hydroxyl groups excluding tert-OH is 1. The summed E-state index contributed by atoms with van der Waals surface area (Å²) in [7, 11) is 0. The number of carbonyl (C=O) groups excluding carboxylic acids is 1. The van der Waals surface area contributed by atoms with Gasteiger partial charge in [0, 0.05) is 13.0 Å². The summed E-state index contributed by atoms with van der Waals surface area (Å²) >= 11 is 0. The van der Waals surface area contributed by atoms with E-state index in [-0.39, 0.29) is 18.7 Å². The van der Waals surface area contributed by atoms with E-state index in [1.54, 1.807) is 0 Å². The molecular weight excluding hydrogens is 336 g/mol. The van der Waals surface area contributed by atoms with Crippen LogP contribution in [-0.2, 0) is 23.7 Å². The minimum atomic E-state index is -0.930. The summed E-state index contributed by atoms with van der Waals surface area (Å²) in [6.07, 6.45) is 6.50. The van der Waals surface area contributed by atoms with Gasteiger partial charge in [-0.15, -0.1) is 0 Å². The number of carbonyl (C=O) groups is 1. The summed E-state index contributed by atoms with van der Waals surface area (Å²) in [6.45, 7) is 8.70. The van der Waals surface area contributed by atoms with Crippen LogP contribution in [0.4, 0.5) is 0 Å². The molecule has 0 bridgehead atoms. The number of hydrogen-bond donors (Lipinski definition) is 1. The van der Waals surface area contributed by atoms with Gasteiger partial charge in [0.1, 0.15) is 24.9 Å². The minimum absolute atomic E-state index is 0.0864. The summed E-state index contributed by atoms with van der Waals surface area (Å²) in [5.41, 5.74) is 0. The molecule has 1 fully saturated rings. The second kappa shape index (κ2) is 12.7. The highest BCUT2D eigenvalue weighted by Gasteiger charge is 2.45. The highest BCUT2D eigenvalue weighted by Crippen LogP contribution is 2.30. The second-order valence-corrected chi connectivity index (χ2v) is 7.48. The monoisotopic (exact) mass is 374 g/mol. The Kier molecular flexibility index (Phi) is 11.4. The molecule has 0 radical (unpaired) electrons. The molecule has 6 heteroatoms. The van der Waals surface area contributed by atoms with E-state index in [2.05, 4.69) is 6.92 Å². The molecule has 0 aromatic rings. The lowest BCUT2D eigenvalue weighted by Gasteiger charge is -2.22. The molecule has 0 aromatic carbocycles. The van der Waals surface area contributed by atoms with E-state index in [4.69, 9.17) is 18.9 Å². The Balaban J connectivity index is 2.31. The van der Waals surface area contributed by atoms with Crippen molar-refractivity contribution in [2.45, 2.75) is 103 Å². The van der Waals surface area contributed by atoms with E-state index in [1.165, 1.54) is 32.1 Å². The molecule has 0 spiro atoms.